The maximum atomic E-state index is 0. The number of hydrogen-bond acceptors (Lipinski definition) is 0. The number of rotatable bonds is 0. The van der Waals surface area contributed by atoms with Gasteiger partial charge in [-0.2, -0.15) is 0 Å². The van der Waals surface area contributed by atoms with Gasteiger partial charge in [0.05, 0.1) is 0 Å². The molecule has 0 bridgehead atoms. The molecule has 0 aliphatic carbocycles. The zero-order chi connectivity index (χ0) is 0. The van der Waals surface area contributed by atoms with Gasteiger partial charge in [-0.1, -0.05) is 0 Å². The average Bonchev–Trinajstić information content (AvgIpc) is 0. The molecule has 0 rings (SSSR count). The Labute approximate surface area is 87.5 Å². The molecule has 0 aromatic rings. The third-order valence-electron chi connectivity index (χ3n) is 0. The van der Waals surface area contributed by atoms with E-state index in [4.69, 9.17) is 0 Å². The van der Waals surface area contributed by atoms with Crippen LogP contribution in [0, 0.1) is 0 Å². The quantitative estimate of drug-likeness (QED) is 0.620. The van der Waals surface area contributed by atoms with Gasteiger partial charge in [-0.15, -0.1) is 74.4 Å². The van der Waals surface area contributed by atoms with Crippen molar-refractivity contribution >= 4 is 87.9 Å². The van der Waals surface area contributed by atoms with Gasteiger partial charge in [0.15, 0.2) is 0 Å². The lowest BCUT2D eigenvalue weighted by Gasteiger charge is -0.148. The highest BCUT2D eigenvalue weighted by atomic mass is 35.5. The van der Waals surface area contributed by atoms with E-state index in [1.54, 1.807) is 0 Å². The van der Waals surface area contributed by atoms with Crippen LogP contribution in [0.4, 0.5) is 0 Å². The molecule has 7 heavy (non-hydrogen) atoms. The van der Waals surface area contributed by atoms with Gasteiger partial charge in [0.1, 0.15) is 0 Å². The third kappa shape index (κ3) is 68.7. The van der Waals surface area contributed by atoms with Gasteiger partial charge in [0.25, 0.3) is 0 Å². The summed E-state index contributed by atoms with van der Waals surface area (Å²) in [6.45, 7) is 0. The molecule has 0 aromatic carbocycles. The highest BCUT2D eigenvalue weighted by Crippen LogP contribution is 0.695. The fourth-order valence-corrected chi connectivity index (χ4v) is 0. The van der Waals surface area contributed by atoms with Gasteiger partial charge in [-0.25, -0.2) is 0 Å². The van der Waals surface area contributed by atoms with E-state index in [1.165, 1.54) is 0 Å². The van der Waals surface area contributed by atoms with Crippen molar-refractivity contribution in [3.8, 4) is 0 Å². The van der Waals surface area contributed by atoms with Crippen LogP contribution >= 0.6 is 87.9 Å². The average molecular weight is 251 g/mol. The summed E-state index contributed by atoms with van der Waals surface area (Å²) in [6, 6.07) is 0. The SMILES string of the molecule is Cl.Cl.Cl.Cl.Cl.Cl.[S]. The molecule has 0 aromatic heterocycles. The molecule has 0 unspecified atom stereocenters. The van der Waals surface area contributed by atoms with Crippen LogP contribution in [0.15, 0.2) is 0 Å². The highest BCUT2D eigenvalue weighted by Gasteiger charge is 0.0000424. The summed E-state index contributed by atoms with van der Waals surface area (Å²) in [4.78, 5) is 0. The standard InChI is InChI=1S/6ClH.S/h6*1H;. The predicted molar refractivity (Wildman–Crippen MR) is 51.1 cm³/mol. The van der Waals surface area contributed by atoms with Crippen molar-refractivity contribution in [2.75, 3.05) is 0 Å². The fourth-order valence-electron chi connectivity index (χ4n) is 0. The molecule has 0 fully saturated rings. The summed E-state index contributed by atoms with van der Waals surface area (Å²) in [5.41, 5.74) is 0. The predicted octanol–water partition coefficient (Wildman–Crippen LogP) is 3.18. The Morgan fingerprint density at radius 2 is 0.286 bits per heavy atom. The van der Waals surface area contributed by atoms with Crippen LogP contribution in [-0.2, 0) is 0 Å². The van der Waals surface area contributed by atoms with E-state index < -0.39 is 0 Å². The van der Waals surface area contributed by atoms with E-state index in [9.17, 15) is 0 Å². The molecule has 0 saturated heterocycles. The van der Waals surface area contributed by atoms with Gasteiger partial charge >= 0.3 is 0 Å². The molecule has 54 valence electrons. The van der Waals surface area contributed by atoms with Crippen molar-refractivity contribution in [3.63, 3.8) is 0 Å². The molecule has 0 N–H and O–H groups in total. The molecule has 0 aliphatic heterocycles. The largest absolute Gasteiger partial charge is 0.147 e. The maximum Gasteiger partial charge on any atom is 0 e. The van der Waals surface area contributed by atoms with Crippen LogP contribution < -0.4 is 0 Å². The highest BCUT2D eigenvalue weighted by molar-refractivity contribution is 7.59. The minimum Gasteiger partial charge on any atom is -0.147 e. The van der Waals surface area contributed by atoms with Crippen molar-refractivity contribution in [3.05, 3.63) is 0 Å². The lowest BCUT2D eigenvalue weighted by atomic mass is 32.1. The van der Waals surface area contributed by atoms with Crippen molar-refractivity contribution in [2.45, 2.75) is 0 Å². The number of hydrogen-bond donors (Lipinski definition) is 0. The van der Waals surface area contributed by atoms with Crippen LogP contribution in [0.3, 0.4) is 0 Å². The Morgan fingerprint density at radius 3 is 0.286 bits per heavy atom. The van der Waals surface area contributed by atoms with Crippen LogP contribution in [0.5, 0.6) is 0 Å². The van der Waals surface area contributed by atoms with E-state index in [0.717, 1.165) is 0 Å². The van der Waals surface area contributed by atoms with E-state index in [2.05, 4.69) is 0 Å². The van der Waals surface area contributed by atoms with Gasteiger partial charge < -0.3 is 0 Å². The second kappa shape index (κ2) is 93.1. The molecule has 0 nitrogen and oxygen atoms in total. The summed E-state index contributed by atoms with van der Waals surface area (Å²) in [6.07, 6.45) is 0. The Morgan fingerprint density at radius 1 is 0.286 bits per heavy atom. The monoisotopic (exact) mass is 248 g/mol. The van der Waals surface area contributed by atoms with Gasteiger partial charge in [0, 0.05) is 13.5 Å². The second-order valence-corrected chi connectivity index (χ2v) is 0. The van der Waals surface area contributed by atoms with Crippen LogP contribution in [0.25, 0.3) is 0 Å². The summed E-state index contributed by atoms with van der Waals surface area (Å²) in [7, 11) is 0. The molecule has 2 radical (unpaired) electrons. The third-order valence-corrected chi connectivity index (χ3v) is 0. The van der Waals surface area contributed by atoms with Crippen molar-refractivity contribution in [1.29, 1.82) is 0 Å². The molecule has 0 spiro atoms. The molecular formula is H6Cl6S. The Balaban J connectivity index is 0. The Kier molecular flexibility index (Phi) is 1810. The van der Waals surface area contributed by atoms with Gasteiger partial charge in [0.2, 0.25) is 0 Å². The summed E-state index contributed by atoms with van der Waals surface area (Å²) < 4.78 is 0. The first-order valence-corrected chi connectivity index (χ1v) is 0. The smallest absolute Gasteiger partial charge is 0 e. The first kappa shape index (κ1) is 136. The van der Waals surface area contributed by atoms with Gasteiger partial charge in [-0.05, 0) is 0 Å². The second-order valence-electron chi connectivity index (χ2n) is 0. The molecule has 0 atom stereocenters. The minimum absolute atomic E-state index is 0. The molecule has 0 amide bonds. The van der Waals surface area contributed by atoms with E-state index in [1.807, 2.05) is 0 Å². The first-order valence-electron chi connectivity index (χ1n) is 0. The summed E-state index contributed by atoms with van der Waals surface area (Å²) >= 11 is 0. The van der Waals surface area contributed by atoms with Crippen molar-refractivity contribution < 1.29 is 0 Å². The maximum absolute atomic E-state index is 0. The fraction of sp³-hybridized carbons (Fsp3) is 0. The van der Waals surface area contributed by atoms with Crippen molar-refractivity contribution in [1.82, 2.24) is 0 Å². The molecular weight excluding hydrogens is 245 g/mol. The van der Waals surface area contributed by atoms with Gasteiger partial charge in [-0.3, -0.25) is 0 Å². The summed E-state index contributed by atoms with van der Waals surface area (Å²) in [5.74, 6) is 0. The van der Waals surface area contributed by atoms with E-state index in [0.29, 0.717) is 0 Å². The lowest BCUT2D eigenvalue weighted by molar-refractivity contribution is 5.85. The molecule has 0 heterocycles. The van der Waals surface area contributed by atoms with E-state index in [-0.39, 0.29) is 87.9 Å². The normalized spacial score (nSPS) is 0. The van der Waals surface area contributed by atoms with E-state index >= 15 is 0 Å². The lowest BCUT2D eigenvalue weighted by Crippen LogP contribution is 0.648. The molecule has 7 heteroatoms. The zero-order valence-corrected chi connectivity index (χ0v) is 8.57. The Bertz CT molecular complexity index is 4.14. The topological polar surface area (TPSA) is 0 Å². The number of halogens is 6. The van der Waals surface area contributed by atoms with Crippen molar-refractivity contribution in [2.24, 2.45) is 0 Å². The van der Waals surface area contributed by atoms with Crippen LogP contribution in [0.1, 0.15) is 0 Å². The summed E-state index contributed by atoms with van der Waals surface area (Å²) in [5, 5.41) is 0. The first-order chi connectivity index (χ1) is 0. The Hall–Kier alpha value is 2.09. The molecule has 0 saturated carbocycles. The van der Waals surface area contributed by atoms with Crippen LogP contribution in [0.2, 0.25) is 0 Å². The van der Waals surface area contributed by atoms with Crippen LogP contribution in [-0.4, -0.2) is 0 Å². The minimum atomic E-state index is 0. The molecule has 0 aliphatic rings. The zero-order valence-electron chi connectivity index (χ0n) is 2.86.